The van der Waals surface area contributed by atoms with Crippen LogP contribution in [0.1, 0.15) is 25.3 Å². The summed E-state index contributed by atoms with van der Waals surface area (Å²) in [6.45, 7) is 3.01. The lowest BCUT2D eigenvalue weighted by Gasteiger charge is -2.28. The molecule has 0 spiro atoms. The molecular formula is C18H21F2NO. The van der Waals surface area contributed by atoms with Crippen molar-refractivity contribution in [3.05, 3.63) is 65.7 Å². The molecule has 1 atom stereocenters. The zero-order chi connectivity index (χ0) is 16.0. The van der Waals surface area contributed by atoms with Gasteiger partial charge in [-0.05, 0) is 30.5 Å². The van der Waals surface area contributed by atoms with Crippen molar-refractivity contribution in [3.63, 3.8) is 0 Å². The van der Waals surface area contributed by atoms with Crippen LogP contribution in [0.2, 0.25) is 0 Å². The average molecular weight is 305 g/mol. The lowest BCUT2D eigenvalue weighted by molar-refractivity contribution is 0.273. The van der Waals surface area contributed by atoms with E-state index < -0.39 is 11.6 Å². The molecule has 0 saturated heterocycles. The van der Waals surface area contributed by atoms with Gasteiger partial charge in [0.15, 0.2) is 11.6 Å². The first kappa shape index (κ1) is 16.4. The third kappa shape index (κ3) is 4.04. The molecule has 0 aromatic heterocycles. The van der Waals surface area contributed by atoms with Gasteiger partial charge in [-0.15, -0.1) is 0 Å². The van der Waals surface area contributed by atoms with Gasteiger partial charge in [-0.3, -0.25) is 0 Å². The van der Waals surface area contributed by atoms with Crippen molar-refractivity contribution in [2.75, 3.05) is 13.2 Å². The van der Waals surface area contributed by atoms with Crippen molar-refractivity contribution >= 4 is 0 Å². The summed E-state index contributed by atoms with van der Waals surface area (Å²) in [7, 11) is 0. The number of nitrogens with two attached hydrogens (primary N) is 1. The minimum Gasteiger partial charge on any atom is -0.491 e. The van der Waals surface area contributed by atoms with Gasteiger partial charge in [-0.1, -0.05) is 37.3 Å². The van der Waals surface area contributed by atoms with E-state index in [4.69, 9.17) is 10.5 Å². The molecule has 0 aliphatic rings. The maximum absolute atomic E-state index is 13.5. The summed E-state index contributed by atoms with van der Waals surface area (Å²) < 4.78 is 31.7. The summed E-state index contributed by atoms with van der Waals surface area (Å²) in [4.78, 5) is 0. The van der Waals surface area contributed by atoms with E-state index in [1.807, 2.05) is 18.2 Å². The highest BCUT2D eigenvalue weighted by atomic mass is 19.1. The third-order valence-electron chi connectivity index (χ3n) is 3.95. The van der Waals surface area contributed by atoms with Gasteiger partial charge in [0.1, 0.15) is 5.82 Å². The highest BCUT2D eigenvalue weighted by Crippen LogP contribution is 2.28. The summed E-state index contributed by atoms with van der Waals surface area (Å²) in [5.74, 6) is -1.20. The summed E-state index contributed by atoms with van der Waals surface area (Å²) in [5, 5.41) is 0. The molecule has 0 aliphatic carbocycles. The molecule has 1 unspecified atom stereocenters. The fourth-order valence-corrected chi connectivity index (χ4v) is 2.44. The number of halogens is 2. The first-order chi connectivity index (χ1) is 10.5. The van der Waals surface area contributed by atoms with Gasteiger partial charge in [-0.25, -0.2) is 8.78 Å². The molecule has 0 radical (unpaired) electrons. The van der Waals surface area contributed by atoms with Crippen LogP contribution in [0, 0.1) is 11.6 Å². The molecular weight excluding hydrogens is 284 g/mol. The first-order valence-electron chi connectivity index (χ1n) is 7.38. The van der Waals surface area contributed by atoms with Gasteiger partial charge < -0.3 is 10.5 Å². The van der Waals surface area contributed by atoms with Gasteiger partial charge in [0.25, 0.3) is 0 Å². The molecule has 2 rings (SSSR count). The molecule has 22 heavy (non-hydrogen) atoms. The Kier molecular flexibility index (Phi) is 5.50. The summed E-state index contributed by atoms with van der Waals surface area (Å²) >= 11 is 0. The molecule has 2 aromatic carbocycles. The fourth-order valence-electron chi connectivity index (χ4n) is 2.44. The molecule has 2 nitrogen and oxygen atoms in total. The van der Waals surface area contributed by atoms with Gasteiger partial charge in [0.2, 0.25) is 0 Å². The Morgan fingerprint density at radius 2 is 1.82 bits per heavy atom. The van der Waals surface area contributed by atoms with Crippen molar-refractivity contribution in [3.8, 4) is 5.75 Å². The summed E-state index contributed by atoms with van der Waals surface area (Å²) in [6.07, 6.45) is 1.57. The highest BCUT2D eigenvalue weighted by Gasteiger charge is 2.24. The van der Waals surface area contributed by atoms with E-state index >= 15 is 0 Å². The van der Waals surface area contributed by atoms with Crippen molar-refractivity contribution in [1.29, 1.82) is 0 Å². The van der Waals surface area contributed by atoms with Crippen LogP contribution in [0.25, 0.3) is 0 Å². The Morgan fingerprint density at radius 3 is 2.45 bits per heavy atom. The summed E-state index contributed by atoms with van der Waals surface area (Å²) in [5.41, 5.74) is 6.98. The minimum atomic E-state index is -0.676. The van der Waals surface area contributed by atoms with E-state index in [-0.39, 0.29) is 11.2 Å². The number of hydrogen-bond acceptors (Lipinski definition) is 2. The molecule has 0 heterocycles. The maximum atomic E-state index is 13.5. The van der Waals surface area contributed by atoms with Gasteiger partial charge in [-0.2, -0.15) is 0 Å². The predicted molar refractivity (Wildman–Crippen MR) is 83.9 cm³/mol. The van der Waals surface area contributed by atoms with E-state index in [1.165, 1.54) is 17.7 Å². The third-order valence-corrected chi connectivity index (χ3v) is 3.95. The average Bonchev–Trinajstić information content (AvgIpc) is 2.54. The second-order valence-corrected chi connectivity index (χ2v) is 5.66. The number of ether oxygens (including phenoxy) is 1. The van der Waals surface area contributed by atoms with E-state index in [1.54, 1.807) is 0 Å². The van der Waals surface area contributed by atoms with Crippen LogP contribution < -0.4 is 10.5 Å². The first-order valence-corrected chi connectivity index (χ1v) is 7.38. The fraction of sp³-hybridized carbons (Fsp3) is 0.333. The Bertz CT molecular complexity index is 603. The Hall–Kier alpha value is -1.94. The number of rotatable bonds is 7. The van der Waals surface area contributed by atoms with Crippen LogP contribution in [-0.2, 0) is 5.41 Å². The van der Waals surface area contributed by atoms with Crippen molar-refractivity contribution < 1.29 is 13.5 Å². The molecule has 0 saturated carbocycles. The van der Waals surface area contributed by atoms with E-state index in [2.05, 4.69) is 19.1 Å². The lowest BCUT2D eigenvalue weighted by Crippen LogP contribution is -2.32. The Balaban J connectivity index is 1.89. The highest BCUT2D eigenvalue weighted by molar-refractivity contribution is 5.25. The second-order valence-electron chi connectivity index (χ2n) is 5.66. The minimum absolute atomic E-state index is 0.0792. The van der Waals surface area contributed by atoms with Gasteiger partial charge in [0.05, 0.1) is 6.61 Å². The van der Waals surface area contributed by atoms with E-state index in [0.29, 0.717) is 13.2 Å². The van der Waals surface area contributed by atoms with Crippen molar-refractivity contribution in [2.24, 2.45) is 5.73 Å². The smallest absolute Gasteiger partial charge is 0.167 e. The molecule has 0 amide bonds. The monoisotopic (exact) mass is 305 g/mol. The molecule has 2 N–H and O–H groups in total. The van der Waals surface area contributed by atoms with E-state index in [0.717, 1.165) is 18.9 Å². The predicted octanol–water partition coefficient (Wildman–Crippen LogP) is 4.04. The van der Waals surface area contributed by atoms with Crippen LogP contribution in [0.4, 0.5) is 8.78 Å². The van der Waals surface area contributed by atoms with Crippen LogP contribution in [0.3, 0.4) is 0 Å². The Labute approximate surface area is 129 Å². The van der Waals surface area contributed by atoms with Crippen LogP contribution in [0.15, 0.2) is 48.5 Å². The SMILES string of the molecule is CC(CN)(CCCOc1ccc(F)cc1F)c1ccccc1. The van der Waals surface area contributed by atoms with Crippen LogP contribution >= 0.6 is 0 Å². The standard InChI is InChI=1S/C18H21F2NO/c1-18(13-21,14-6-3-2-4-7-14)10-5-11-22-17-9-8-15(19)12-16(17)20/h2-4,6-9,12H,5,10-11,13,21H2,1H3. The lowest BCUT2D eigenvalue weighted by atomic mass is 9.79. The van der Waals surface area contributed by atoms with Crippen LogP contribution in [-0.4, -0.2) is 13.2 Å². The van der Waals surface area contributed by atoms with Crippen molar-refractivity contribution in [2.45, 2.75) is 25.2 Å². The molecule has 0 aliphatic heterocycles. The zero-order valence-electron chi connectivity index (χ0n) is 12.7. The van der Waals surface area contributed by atoms with E-state index in [9.17, 15) is 8.78 Å². The van der Waals surface area contributed by atoms with Gasteiger partial charge >= 0.3 is 0 Å². The molecule has 118 valence electrons. The zero-order valence-corrected chi connectivity index (χ0v) is 12.7. The second kappa shape index (κ2) is 7.36. The largest absolute Gasteiger partial charge is 0.491 e. The molecule has 4 heteroatoms. The van der Waals surface area contributed by atoms with Crippen LogP contribution in [0.5, 0.6) is 5.75 Å². The molecule has 2 aromatic rings. The normalized spacial score (nSPS) is 13.6. The van der Waals surface area contributed by atoms with Gasteiger partial charge in [0, 0.05) is 18.0 Å². The molecule has 0 bridgehead atoms. The maximum Gasteiger partial charge on any atom is 0.167 e. The topological polar surface area (TPSA) is 35.2 Å². The number of hydrogen-bond donors (Lipinski definition) is 1. The van der Waals surface area contributed by atoms with Crippen molar-refractivity contribution in [1.82, 2.24) is 0 Å². The summed E-state index contributed by atoms with van der Waals surface area (Å²) in [6, 6.07) is 13.4. The molecule has 0 fully saturated rings. The quantitative estimate of drug-likeness (QED) is 0.784. The number of benzene rings is 2. The Morgan fingerprint density at radius 1 is 1.09 bits per heavy atom.